The molecule has 266 valence electrons. The summed E-state index contributed by atoms with van der Waals surface area (Å²) in [6, 6.07) is 0. The van der Waals surface area contributed by atoms with E-state index in [-0.39, 0.29) is 19.0 Å². The molecule has 0 saturated carbocycles. The Hall–Kier alpha value is -1.76. The van der Waals surface area contributed by atoms with Crippen molar-refractivity contribution >= 4 is 11.9 Å². The van der Waals surface area contributed by atoms with Crippen molar-refractivity contribution in [3.8, 4) is 0 Å². The van der Waals surface area contributed by atoms with E-state index >= 15 is 0 Å². The number of hydrogen-bond donors (Lipinski definition) is 0. The molecule has 0 aromatic carbocycles. The first-order chi connectivity index (χ1) is 22.2. The number of rotatable bonds is 38. The number of hydrogen-bond acceptors (Lipinski definition) is 15. The molecule has 0 N–H and O–H groups in total. The van der Waals surface area contributed by atoms with Crippen LogP contribution in [0.15, 0.2) is 12.7 Å². The lowest BCUT2D eigenvalue weighted by Gasteiger charge is -2.09. The van der Waals surface area contributed by atoms with Gasteiger partial charge < -0.3 is 61.6 Å². The van der Waals surface area contributed by atoms with Gasteiger partial charge in [0.05, 0.1) is 158 Å². The van der Waals surface area contributed by atoms with Gasteiger partial charge in [0.2, 0.25) is 0 Å². The number of ether oxygens (including phenoxy) is 13. The molecule has 0 heterocycles. The van der Waals surface area contributed by atoms with Crippen molar-refractivity contribution in [1.29, 1.82) is 0 Å². The monoisotopic (exact) mass is 656 g/mol. The molecule has 45 heavy (non-hydrogen) atoms. The first-order valence-corrected chi connectivity index (χ1v) is 15.5. The average Bonchev–Trinajstić information content (AvgIpc) is 3.04. The van der Waals surface area contributed by atoms with Crippen molar-refractivity contribution in [3.05, 3.63) is 12.7 Å². The maximum Gasteiger partial charge on any atom is 0.330 e. The van der Waals surface area contributed by atoms with Crippen LogP contribution in [0.5, 0.6) is 0 Å². The van der Waals surface area contributed by atoms with Crippen LogP contribution in [0.3, 0.4) is 0 Å². The fraction of sp³-hybridized carbons (Fsp3) is 0.867. The summed E-state index contributed by atoms with van der Waals surface area (Å²) in [7, 11) is 0. The van der Waals surface area contributed by atoms with Crippen LogP contribution < -0.4 is 0 Å². The Morgan fingerprint density at radius 3 is 0.889 bits per heavy atom. The van der Waals surface area contributed by atoms with Gasteiger partial charge in [0.15, 0.2) is 0 Å². The highest BCUT2D eigenvalue weighted by Gasteiger charge is 2.01. The summed E-state index contributed by atoms with van der Waals surface area (Å²) in [6.07, 6.45) is 1.36. The largest absolute Gasteiger partial charge is 0.466 e. The van der Waals surface area contributed by atoms with Crippen LogP contribution in [-0.2, 0) is 71.2 Å². The van der Waals surface area contributed by atoms with E-state index in [1.54, 1.807) is 6.92 Å². The standard InChI is InChI=1S/C30H56O15/c1-3-29(31)45-28-27-43-26-25-42-24-23-41-22-21-40-20-19-39-18-17-38-16-15-37-14-13-36-12-11-35-10-9-34-8-7-33-6-5-30(32)44-4-2/h3H,1,4-28H2,2H3. The lowest BCUT2D eigenvalue weighted by molar-refractivity contribution is -0.144. The number of carbonyl (C=O) groups excluding carboxylic acids is 2. The average molecular weight is 657 g/mol. The molecule has 15 nitrogen and oxygen atoms in total. The zero-order valence-corrected chi connectivity index (χ0v) is 27.1. The Bertz CT molecular complexity index is 638. The van der Waals surface area contributed by atoms with Crippen LogP contribution in [-0.4, -0.2) is 171 Å². The first-order valence-electron chi connectivity index (χ1n) is 15.5. The second-order valence-electron chi connectivity index (χ2n) is 8.66. The highest BCUT2D eigenvalue weighted by Crippen LogP contribution is 1.90. The van der Waals surface area contributed by atoms with Crippen molar-refractivity contribution < 1.29 is 71.2 Å². The van der Waals surface area contributed by atoms with E-state index in [9.17, 15) is 9.59 Å². The minimum atomic E-state index is -0.463. The molecule has 0 aliphatic carbocycles. The molecule has 0 spiro atoms. The predicted octanol–water partition coefficient (Wildman–Crippen LogP) is 0.851. The zero-order chi connectivity index (χ0) is 32.7. The highest BCUT2D eigenvalue weighted by molar-refractivity contribution is 5.81. The second-order valence-corrected chi connectivity index (χ2v) is 8.66. The molecule has 0 bridgehead atoms. The van der Waals surface area contributed by atoms with Gasteiger partial charge in [0.1, 0.15) is 6.61 Å². The smallest absolute Gasteiger partial charge is 0.330 e. The van der Waals surface area contributed by atoms with Crippen molar-refractivity contribution in [1.82, 2.24) is 0 Å². The Morgan fingerprint density at radius 1 is 0.400 bits per heavy atom. The van der Waals surface area contributed by atoms with Crippen molar-refractivity contribution in [2.75, 3.05) is 159 Å². The van der Waals surface area contributed by atoms with Crippen LogP contribution in [0, 0.1) is 0 Å². The summed E-state index contributed by atoms with van der Waals surface area (Å²) >= 11 is 0. The zero-order valence-electron chi connectivity index (χ0n) is 27.1. The fourth-order valence-corrected chi connectivity index (χ4v) is 2.95. The maximum absolute atomic E-state index is 11.1. The fourth-order valence-electron chi connectivity index (χ4n) is 2.95. The summed E-state index contributed by atoms with van der Waals surface area (Å²) in [4.78, 5) is 22.0. The van der Waals surface area contributed by atoms with Crippen LogP contribution in [0.4, 0.5) is 0 Å². The van der Waals surface area contributed by atoms with E-state index in [1.165, 1.54) is 0 Å². The molecule has 0 aliphatic heterocycles. The Balaban J connectivity index is 3.07. The van der Waals surface area contributed by atoms with Gasteiger partial charge in [0, 0.05) is 6.08 Å². The molecule has 0 saturated heterocycles. The summed E-state index contributed by atoms with van der Waals surface area (Å²) in [5.41, 5.74) is 0. The third kappa shape index (κ3) is 38.3. The first kappa shape index (κ1) is 43.2. The summed E-state index contributed by atoms with van der Waals surface area (Å²) in [5, 5.41) is 0. The van der Waals surface area contributed by atoms with Gasteiger partial charge in [-0.3, -0.25) is 4.79 Å². The molecule has 0 aliphatic rings. The van der Waals surface area contributed by atoms with Gasteiger partial charge in [-0.2, -0.15) is 0 Å². The van der Waals surface area contributed by atoms with E-state index in [0.717, 1.165) is 6.08 Å². The molecule has 0 amide bonds. The maximum atomic E-state index is 11.1. The van der Waals surface area contributed by atoms with E-state index in [0.29, 0.717) is 152 Å². The van der Waals surface area contributed by atoms with Crippen molar-refractivity contribution in [3.63, 3.8) is 0 Å². The predicted molar refractivity (Wildman–Crippen MR) is 161 cm³/mol. The normalized spacial score (nSPS) is 11.1. The molecular formula is C30H56O15. The van der Waals surface area contributed by atoms with Crippen molar-refractivity contribution in [2.45, 2.75) is 13.3 Å². The molecular weight excluding hydrogens is 600 g/mol. The quantitative estimate of drug-likeness (QED) is 0.0524. The van der Waals surface area contributed by atoms with Crippen molar-refractivity contribution in [2.24, 2.45) is 0 Å². The van der Waals surface area contributed by atoms with E-state index in [1.807, 2.05) is 0 Å². The Morgan fingerprint density at radius 2 is 0.644 bits per heavy atom. The minimum Gasteiger partial charge on any atom is -0.466 e. The van der Waals surface area contributed by atoms with E-state index in [2.05, 4.69) is 6.58 Å². The second kappa shape index (κ2) is 38.4. The highest BCUT2D eigenvalue weighted by atomic mass is 16.6. The lowest BCUT2D eigenvalue weighted by Crippen LogP contribution is -2.15. The molecule has 15 heteroatoms. The van der Waals surface area contributed by atoms with E-state index in [4.69, 9.17) is 61.6 Å². The third-order valence-electron chi connectivity index (χ3n) is 5.11. The topological polar surface area (TPSA) is 154 Å². The van der Waals surface area contributed by atoms with Gasteiger partial charge in [0.25, 0.3) is 0 Å². The molecule has 0 atom stereocenters. The van der Waals surface area contributed by atoms with Gasteiger partial charge in [-0.05, 0) is 6.92 Å². The molecule has 0 rings (SSSR count). The van der Waals surface area contributed by atoms with Gasteiger partial charge in [-0.1, -0.05) is 6.58 Å². The van der Waals surface area contributed by atoms with E-state index < -0.39 is 5.97 Å². The third-order valence-corrected chi connectivity index (χ3v) is 5.11. The molecule has 0 unspecified atom stereocenters. The molecule has 0 radical (unpaired) electrons. The molecule has 0 fully saturated rings. The number of carbonyl (C=O) groups is 2. The number of esters is 2. The Kier molecular flexibility index (Phi) is 36.9. The summed E-state index contributed by atoms with van der Waals surface area (Å²) in [6.45, 7) is 15.7. The van der Waals surface area contributed by atoms with Gasteiger partial charge in [-0.25, -0.2) is 4.79 Å². The SMILES string of the molecule is C=CC(=O)OCCOCCOCCOCCOCCOCCOCCOCCOCCOCCOCCOCCC(=O)OCC. The van der Waals surface area contributed by atoms with Crippen LogP contribution in [0.1, 0.15) is 13.3 Å². The van der Waals surface area contributed by atoms with Crippen LogP contribution in [0.25, 0.3) is 0 Å². The molecule has 0 aromatic rings. The summed E-state index contributed by atoms with van der Waals surface area (Å²) < 4.78 is 69.0. The summed E-state index contributed by atoms with van der Waals surface area (Å²) in [5.74, 6) is -0.718. The molecule has 0 aromatic heterocycles. The van der Waals surface area contributed by atoms with Crippen LogP contribution >= 0.6 is 0 Å². The lowest BCUT2D eigenvalue weighted by atomic mass is 10.5. The minimum absolute atomic E-state index is 0.194. The van der Waals surface area contributed by atoms with Gasteiger partial charge in [-0.15, -0.1) is 0 Å². The van der Waals surface area contributed by atoms with Gasteiger partial charge >= 0.3 is 11.9 Å². The van der Waals surface area contributed by atoms with Crippen LogP contribution in [0.2, 0.25) is 0 Å². The Labute approximate surface area is 267 Å².